The molecule has 0 spiro atoms. The van der Waals surface area contributed by atoms with E-state index in [1.54, 1.807) is 7.11 Å². The van der Waals surface area contributed by atoms with Crippen LogP contribution in [-0.2, 0) is 4.74 Å². The molecule has 0 radical (unpaired) electrons. The predicted octanol–water partition coefficient (Wildman–Crippen LogP) is 3.66. The van der Waals surface area contributed by atoms with Crippen LogP contribution in [-0.4, -0.2) is 62.2 Å². The van der Waals surface area contributed by atoms with Gasteiger partial charge in [0.2, 0.25) is 0 Å². The second-order valence-corrected chi connectivity index (χ2v) is 9.08. The summed E-state index contributed by atoms with van der Waals surface area (Å²) in [6.07, 6.45) is 8.62. The molecule has 7 unspecified atom stereocenters. The van der Waals surface area contributed by atoms with Gasteiger partial charge in [-0.1, -0.05) is 25.2 Å². The molecule has 152 valence electrons. The first-order chi connectivity index (χ1) is 13.1. The largest absolute Gasteiger partial charge is 0.380 e. The van der Waals surface area contributed by atoms with Crippen molar-refractivity contribution >= 4 is 0 Å². The molecular weight excluding hydrogens is 346 g/mol. The molecule has 0 amide bonds. The van der Waals surface area contributed by atoms with Gasteiger partial charge in [0.15, 0.2) is 0 Å². The first-order valence-corrected chi connectivity index (χ1v) is 10.7. The van der Waals surface area contributed by atoms with Crippen LogP contribution in [0, 0.1) is 17.8 Å². The fraction of sp³-hybridized carbons (Fsp3) is 0.818. The number of alkyl halides is 2. The zero-order valence-electron chi connectivity index (χ0n) is 16.6. The highest BCUT2D eigenvalue weighted by atomic mass is 19.1. The summed E-state index contributed by atoms with van der Waals surface area (Å²) in [5, 5.41) is 3.63. The molecule has 4 aliphatic rings. The molecule has 7 atom stereocenters. The van der Waals surface area contributed by atoms with Crippen molar-refractivity contribution < 1.29 is 13.5 Å². The summed E-state index contributed by atoms with van der Waals surface area (Å²) in [5.74, 6) is 0.534. The van der Waals surface area contributed by atoms with Crippen molar-refractivity contribution in [2.24, 2.45) is 17.8 Å². The summed E-state index contributed by atoms with van der Waals surface area (Å²) in [6.45, 7) is 5.02. The average Bonchev–Trinajstić information content (AvgIpc) is 3.04. The lowest BCUT2D eigenvalue weighted by atomic mass is 9.79. The summed E-state index contributed by atoms with van der Waals surface area (Å²) in [6, 6.07) is 0.857. The number of hydrogen-bond acceptors (Lipinski definition) is 3. The van der Waals surface area contributed by atoms with Crippen molar-refractivity contribution in [2.75, 3.05) is 26.8 Å². The Hall–Kier alpha value is -0.780. The summed E-state index contributed by atoms with van der Waals surface area (Å²) < 4.78 is 34.1. The Bertz CT molecular complexity index is 571. The number of hydrogen-bond donors (Lipinski definition) is 1. The van der Waals surface area contributed by atoms with E-state index in [1.165, 1.54) is 5.57 Å². The van der Waals surface area contributed by atoms with E-state index in [1.807, 2.05) is 0 Å². The van der Waals surface area contributed by atoms with E-state index < -0.39 is 18.3 Å². The fourth-order valence-corrected chi connectivity index (χ4v) is 5.96. The van der Waals surface area contributed by atoms with Gasteiger partial charge in [-0.05, 0) is 49.5 Å². The normalized spacial score (nSPS) is 45.6. The molecule has 27 heavy (non-hydrogen) atoms. The quantitative estimate of drug-likeness (QED) is 0.806. The van der Waals surface area contributed by atoms with E-state index in [2.05, 4.69) is 35.4 Å². The third-order valence-electron chi connectivity index (χ3n) is 7.27. The predicted molar refractivity (Wildman–Crippen MR) is 104 cm³/mol. The number of rotatable bonds is 4. The van der Waals surface area contributed by atoms with Gasteiger partial charge in [-0.2, -0.15) is 0 Å². The Morgan fingerprint density at radius 2 is 1.96 bits per heavy atom. The van der Waals surface area contributed by atoms with Gasteiger partial charge in [0.1, 0.15) is 12.3 Å². The Morgan fingerprint density at radius 3 is 2.67 bits per heavy atom. The van der Waals surface area contributed by atoms with E-state index in [9.17, 15) is 8.78 Å². The second-order valence-electron chi connectivity index (χ2n) is 9.08. The first-order valence-electron chi connectivity index (χ1n) is 10.7. The van der Waals surface area contributed by atoms with Crippen molar-refractivity contribution in [3.63, 3.8) is 0 Å². The number of fused-ring (bicyclic) bond motifs is 1. The Morgan fingerprint density at radius 1 is 1.19 bits per heavy atom. The molecule has 5 heteroatoms. The lowest BCUT2D eigenvalue weighted by Gasteiger charge is -2.41. The topological polar surface area (TPSA) is 24.5 Å². The van der Waals surface area contributed by atoms with Crippen LogP contribution in [0.4, 0.5) is 8.78 Å². The van der Waals surface area contributed by atoms with Crippen LogP contribution in [0.2, 0.25) is 0 Å². The number of likely N-dealkylation sites (tertiary alicyclic amines) is 1. The molecule has 3 fully saturated rings. The van der Waals surface area contributed by atoms with Crippen LogP contribution >= 0.6 is 0 Å². The fourth-order valence-electron chi connectivity index (χ4n) is 5.96. The summed E-state index contributed by atoms with van der Waals surface area (Å²) in [5.41, 5.74) is 1.25. The van der Waals surface area contributed by atoms with Crippen LogP contribution < -0.4 is 5.32 Å². The molecule has 0 aromatic rings. The number of halogens is 2. The monoisotopic (exact) mass is 380 g/mol. The minimum Gasteiger partial charge on any atom is -0.380 e. The van der Waals surface area contributed by atoms with Crippen LogP contribution in [0.5, 0.6) is 0 Å². The third-order valence-corrected chi connectivity index (χ3v) is 7.27. The Kier molecular flexibility index (Phi) is 6.00. The third kappa shape index (κ3) is 4.01. The van der Waals surface area contributed by atoms with Crippen LogP contribution in [0.15, 0.2) is 23.8 Å². The zero-order valence-corrected chi connectivity index (χ0v) is 16.6. The lowest BCUT2D eigenvalue weighted by Crippen LogP contribution is -2.51. The summed E-state index contributed by atoms with van der Waals surface area (Å²) in [7, 11) is 1.73. The number of nitrogens with zero attached hydrogens (tertiary/aromatic N) is 1. The molecule has 0 aromatic carbocycles. The van der Waals surface area contributed by atoms with Gasteiger partial charge >= 0.3 is 0 Å². The van der Waals surface area contributed by atoms with Crippen molar-refractivity contribution in [3.05, 3.63) is 23.8 Å². The molecule has 2 aliphatic carbocycles. The van der Waals surface area contributed by atoms with Gasteiger partial charge in [-0.15, -0.1) is 0 Å². The first kappa shape index (κ1) is 19.5. The Balaban J connectivity index is 1.37. The van der Waals surface area contributed by atoms with Gasteiger partial charge in [-0.25, -0.2) is 8.78 Å². The molecule has 4 rings (SSSR count). The van der Waals surface area contributed by atoms with Crippen molar-refractivity contribution in [2.45, 2.75) is 69.5 Å². The van der Waals surface area contributed by atoms with Crippen molar-refractivity contribution in [3.8, 4) is 0 Å². The maximum atomic E-state index is 14.4. The van der Waals surface area contributed by atoms with Gasteiger partial charge in [0.05, 0.1) is 6.61 Å². The van der Waals surface area contributed by atoms with Crippen LogP contribution in [0.1, 0.15) is 39.0 Å². The SMILES string of the molecule is COCC1=CC(C)C(N2CCC3NC(C4C(F)CCCC4F)CC3C2)C=C1. The molecule has 1 saturated carbocycles. The molecule has 0 aromatic heterocycles. The second kappa shape index (κ2) is 8.30. The average molecular weight is 381 g/mol. The molecule has 2 aliphatic heterocycles. The van der Waals surface area contributed by atoms with Crippen LogP contribution in [0.3, 0.4) is 0 Å². The van der Waals surface area contributed by atoms with Gasteiger partial charge in [-0.3, -0.25) is 4.90 Å². The maximum Gasteiger partial charge on any atom is 0.107 e. The highest BCUT2D eigenvalue weighted by Crippen LogP contribution is 2.40. The zero-order chi connectivity index (χ0) is 19.0. The minimum atomic E-state index is -0.979. The van der Waals surface area contributed by atoms with E-state index in [4.69, 9.17) is 4.74 Å². The van der Waals surface area contributed by atoms with Gasteiger partial charge in [0.25, 0.3) is 0 Å². The van der Waals surface area contributed by atoms with Gasteiger partial charge < -0.3 is 10.1 Å². The number of methoxy groups -OCH3 is 1. The standard InChI is InChI=1S/C22H34F2N2O/c1-14-10-15(13-27-2)6-7-21(14)26-9-8-19-16(12-26)11-20(25-19)22-17(23)4-3-5-18(22)24/h6-7,10,14,16-22,25H,3-5,8-9,11-13H2,1-2H3. The van der Waals surface area contributed by atoms with E-state index in [0.717, 1.165) is 25.9 Å². The van der Waals surface area contributed by atoms with E-state index in [-0.39, 0.29) is 6.04 Å². The van der Waals surface area contributed by atoms with Crippen molar-refractivity contribution in [1.82, 2.24) is 10.2 Å². The van der Waals surface area contributed by atoms with E-state index >= 15 is 0 Å². The molecule has 3 nitrogen and oxygen atoms in total. The minimum absolute atomic E-state index is 0.0118. The van der Waals surface area contributed by atoms with Crippen LogP contribution in [0.25, 0.3) is 0 Å². The van der Waals surface area contributed by atoms with Crippen molar-refractivity contribution in [1.29, 1.82) is 0 Å². The molecule has 1 N–H and O–H groups in total. The number of nitrogens with one attached hydrogen (secondary N) is 1. The van der Waals surface area contributed by atoms with Gasteiger partial charge in [0, 0.05) is 44.2 Å². The lowest BCUT2D eigenvalue weighted by molar-refractivity contribution is 0.0518. The number of piperidine rings is 1. The molecule has 0 bridgehead atoms. The maximum absolute atomic E-state index is 14.4. The smallest absolute Gasteiger partial charge is 0.107 e. The molecule has 2 heterocycles. The molecule has 2 saturated heterocycles. The highest BCUT2D eigenvalue weighted by Gasteiger charge is 2.47. The summed E-state index contributed by atoms with van der Waals surface area (Å²) >= 11 is 0. The number of ether oxygens (including phenoxy) is 1. The Labute approximate surface area is 162 Å². The highest BCUT2D eigenvalue weighted by molar-refractivity contribution is 5.28. The summed E-state index contributed by atoms with van der Waals surface area (Å²) in [4.78, 5) is 2.58. The van der Waals surface area contributed by atoms with E-state index in [0.29, 0.717) is 49.8 Å². The molecular formula is C22H34F2N2O.